The Bertz CT molecular complexity index is 682. The van der Waals surface area contributed by atoms with Gasteiger partial charge in [0.2, 0.25) is 17.7 Å². The molecule has 118 valence electrons. The normalized spacial score (nSPS) is 32.4. The predicted octanol–water partition coefficient (Wildman–Crippen LogP) is 0.890. The zero-order valence-corrected chi connectivity index (χ0v) is 12.6. The SMILES string of the molecule is NC(=O)C(Cc1ccccc1)N1C(=O)C2C3C=CC(C3)C2C1=O. The lowest BCUT2D eigenvalue weighted by molar-refractivity contribution is -0.147. The topological polar surface area (TPSA) is 80.5 Å². The maximum absolute atomic E-state index is 12.8. The Morgan fingerprint density at radius 2 is 1.65 bits per heavy atom. The van der Waals surface area contributed by atoms with Crippen LogP contribution in [0.2, 0.25) is 0 Å². The molecule has 3 aliphatic rings. The molecular formula is C18H18N2O3. The van der Waals surface area contributed by atoms with Crippen LogP contribution in [-0.2, 0) is 20.8 Å². The van der Waals surface area contributed by atoms with E-state index in [-0.39, 0.29) is 41.9 Å². The fourth-order valence-corrected chi connectivity index (χ4v) is 4.39. The van der Waals surface area contributed by atoms with E-state index in [1.54, 1.807) is 0 Å². The average molecular weight is 310 g/mol. The van der Waals surface area contributed by atoms with Crippen molar-refractivity contribution in [3.8, 4) is 0 Å². The predicted molar refractivity (Wildman–Crippen MR) is 82.7 cm³/mol. The molecule has 5 unspecified atom stereocenters. The molecule has 2 fully saturated rings. The molecule has 0 aromatic heterocycles. The van der Waals surface area contributed by atoms with Crippen LogP contribution in [0, 0.1) is 23.7 Å². The molecule has 0 spiro atoms. The van der Waals surface area contributed by atoms with E-state index >= 15 is 0 Å². The molecule has 1 aliphatic heterocycles. The molecule has 2 aliphatic carbocycles. The Hall–Kier alpha value is -2.43. The highest BCUT2D eigenvalue weighted by molar-refractivity contribution is 6.09. The van der Waals surface area contributed by atoms with Crippen LogP contribution in [0.4, 0.5) is 0 Å². The lowest BCUT2D eigenvalue weighted by atomic mass is 9.85. The number of fused-ring (bicyclic) bond motifs is 5. The summed E-state index contributed by atoms with van der Waals surface area (Å²) < 4.78 is 0. The fraction of sp³-hybridized carbons (Fsp3) is 0.389. The molecule has 5 nitrogen and oxygen atoms in total. The minimum atomic E-state index is -0.901. The average Bonchev–Trinajstić information content (AvgIpc) is 3.21. The zero-order valence-electron chi connectivity index (χ0n) is 12.6. The lowest BCUT2D eigenvalue weighted by Crippen LogP contribution is -2.50. The van der Waals surface area contributed by atoms with E-state index in [1.165, 1.54) is 0 Å². The Morgan fingerprint density at radius 1 is 1.09 bits per heavy atom. The minimum Gasteiger partial charge on any atom is -0.368 e. The Kier molecular flexibility index (Phi) is 3.11. The van der Waals surface area contributed by atoms with Gasteiger partial charge in [0.05, 0.1) is 11.8 Å². The zero-order chi connectivity index (χ0) is 16.1. The summed E-state index contributed by atoms with van der Waals surface area (Å²) in [5.41, 5.74) is 6.41. The first kappa shape index (κ1) is 14.2. The smallest absolute Gasteiger partial charge is 0.241 e. The molecule has 1 aromatic carbocycles. The van der Waals surface area contributed by atoms with Crippen molar-refractivity contribution in [1.29, 1.82) is 0 Å². The van der Waals surface area contributed by atoms with Crippen LogP contribution < -0.4 is 5.73 Å². The summed E-state index contributed by atoms with van der Waals surface area (Å²) in [4.78, 5) is 38.7. The summed E-state index contributed by atoms with van der Waals surface area (Å²) in [7, 11) is 0. The van der Waals surface area contributed by atoms with Gasteiger partial charge in [-0.05, 0) is 23.8 Å². The summed E-state index contributed by atoms with van der Waals surface area (Å²) in [6, 6.07) is 8.44. The molecule has 5 atom stereocenters. The number of rotatable bonds is 4. The van der Waals surface area contributed by atoms with E-state index in [2.05, 4.69) is 0 Å². The fourth-order valence-electron chi connectivity index (χ4n) is 4.39. The van der Waals surface area contributed by atoms with Crippen LogP contribution in [0.15, 0.2) is 42.5 Å². The summed E-state index contributed by atoms with van der Waals surface area (Å²) in [6.45, 7) is 0. The molecule has 4 rings (SSSR count). The quantitative estimate of drug-likeness (QED) is 0.662. The van der Waals surface area contributed by atoms with Crippen molar-refractivity contribution in [2.45, 2.75) is 18.9 Å². The first-order chi connectivity index (χ1) is 11.1. The van der Waals surface area contributed by atoms with Gasteiger partial charge in [-0.1, -0.05) is 42.5 Å². The molecule has 0 radical (unpaired) electrons. The number of hydrogen-bond donors (Lipinski definition) is 1. The first-order valence-electron chi connectivity index (χ1n) is 7.96. The van der Waals surface area contributed by atoms with Crippen molar-refractivity contribution in [3.63, 3.8) is 0 Å². The van der Waals surface area contributed by atoms with Gasteiger partial charge in [0, 0.05) is 6.42 Å². The van der Waals surface area contributed by atoms with E-state index in [1.807, 2.05) is 42.5 Å². The van der Waals surface area contributed by atoms with Gasteiger partial charge in [-0.15, -0.1) is 0 Å². The molecule has 2 bridgehead atoms. The number of benzene rings is 1. The maximum Gasteiger partial charge on any atom is 0.241 e. The largest absolute Gasteiger partial charge is 0.368 e. The van der Waals surface area contributed by atoms with Crippen LogP contribution in [0.5, 0.6) is 0 Å². The van der Waals surface area contributed by atoms with E-state index in [9.17, 15) is 14.4 Å². The van der Waals surface area contributed by atoms with Crippen LogP contribution >= 0.6 is 0 Å². The third-order valence-electron chi connectivity index (χ3n) is 5.42. The molecule has 5 heteroatoms. The second-order valence-electron chi connectivity index (χ2n) is 6.65. The van der Waals surface area contributed by atoms with Crippen LogP contribution in [0.3, 0.4) is 0 Å². The first-order valence-corrected chi connectivity index (χ1v) is 7.96. The van der Waals surface area contributed by atoms with Crippen LogP contribution in [0.25, 0.3) is 0 Å². The highest BCUT2D eigenvalue weighted by Crippen LogP contribution is 2.52. The van der Waals surface area contributed by atoms with Crippen molar-refractivity contribution >= 4 is 17.7 Å². The van der Waals surface area contributed by atoms with Gasteiger partial charge in [0.15, 0.2) is 0 Å². The monoisotopic (exact) mass is 310 g/mol. The summed E-state index contributed by atoms with van der Waals surface area (Å²) in [5.74, 6) is -1.40. The molecule has 1 heterocycles. The van der Waals surface area contributed by atoms with Crippen molar-refractivity contribution in [2.75, 3.05) is 0 Å². The van der Waals surface area contributed by atoms with E-state index < -0.39 is 11.9 Å². The van der Waals surface area contributed by atoms with Crippen molar-refractivity contribution < 1.29 is 14.4 Å². The van der Waals surface area contributed by atoms with E-state index in [0.717, 1.165) is 16.9 Å². The highest BCUT2D eigenvalue weighted by atomic mass is 16.2. The molecule has 2 N–H and O–H groups in total. The maximum atomic E-state index is 12.8. The van der Waals surface area contributed by atoms with Crippen LogP contribution in [-0.4, -0.2) is 28.7 Å². The number of allylic oxidation sites excluding steroid dienone is 2. The van der Waals surface area contributed by atoms with Gasteiger partial charge in [0.25, 0.3) is 0 Å². The summed E-state index contributed by atoms with van der Waals surface area (Å²) in [6.07, 6.45) is 5.23. The van der Waals surface area contributed by atoms with Gasteiger partial charge in [0.1, 0.15) is 6.04 Å². The standard InChI is InChI=1S/C18H18N2O3/c19-16(21)13(8-10-4-2-1-3-5-10)20-17(22)14-11-6-7-12(9-11)15(14)18(20)23/h1-7,11-15H,8-9H2,(H2,19,21). The number of amides is 3. The molecule has 1 saturated carbocycles. The number of nitrogens with zero attached hydrogens (tertiary/aromatic N) is 1. The lowest BCUT2D eigenvalue weighted by Gasteiger charge is -2.25. The molecule has 1 saturated heterocycles. The van der Waals surface area contributed by atoms with Gasteiger partial charge in [-0.25, -0.2) is 0 Å². The van der Waals surface area contributed by atoms with Gasteiger partial charge < -0.3 is 5.73 Å². The minimum absolute atomic E-state index is 0.136. The van der Waals surface area contributed by atoms with Gasteiger partial charge >= 0.3 is 0 Å². The van der Waals surface area contributed by atoms with Gasteiger partial charge in [-0.2, -0.15) is 0 Å². The van der Waals surface area contributed by atoms with E-state index in [0.29, 0.717) is 0 Å². The van der Waals surface area contributed by atoms with Crippen molar-refractivity contribution in [1.82, 2.24) is 4.90 Å². The number of imide groups is 1. The number of likely N-dealkylation sites (tertiary alicyclic amines) is 1. The molecule has 23 heavy (non-hydrogen) atoms. The Balaban J connectivity index is 1.64. The van der Waals surface area contributed by atoms with Gasteiger partial charge in [-0.3, -0.25) is 19.3 Å². The second kappa shape index (κ2) is 5.05. The molecule has 3 amide bonds. The van der Waals surface area contributed by atoms with Crippen molar-refractivity contribution in [2.24, 2.45) is 29.4 Å². The second-order valence-corrected chi connectivity index (χ2v) is 6.65. The number of hydrogen-bond acceptors (Lipinski definition) is 3. The third kappa shape index (κ3) is 2.03. The van der Waals surface area contributed by atoms with Crippen molar-refractivity contribution in [3.05, 3.63) is 48.0 Å². The highest BCUT2D eigenvalue weighted by Gasteiger charge is 2.60. The number of nitrogens with two attached hydrogens (primary N) is 1. The third-order valence-corrected chi connectivity index (χ3v) is 5.42. The van der Waals surface area contributed by atoms with E-state index in [4.69, 9.17) is 5.73 Å². The Labute approximate surface area is 134 Å². The Morgan fingerprint density at radius 3 is 2.17 bits per heavy atom. The summed E-state index contributed by atoms with van der Waals surface area (Å²) >= 11 is 0. The number of carbonyl (C=O) groups is 3. The van der Waals surface area contributed by atoms with Crippen LogP contribution in [0.1, 0.15) is 12.0 Å². The molecule has 1 aromatic rings. The molecular weight excluding hydrogens is 292 g/mol. The number of carbonyl (C=O) groups excluding carboxylic acids is 3. The summed E-state index contributed by atoms with van der Waals surface area (Å²) in [5, 5.41) is 0. The number of primary amides is 1.